The molecule has 0 radical (unpaired) electrons. The first kappa shape index (κ1) is 15.6. The van der Waals surface area contributed by atoms with Gasteiger partial charge in [0.15, 0.2) is 0 Å². The molecule has 19 heavy (non-hydrogen) atoms. The highest BCUT2D eigenvalue weighted by atomic mass is 16.5. The minimum Gasteiger partial charge on any atom is -0.497 e. The first-order valence-corrected chi connectivity index (χ1v) is 6.76. The van der Waals surface area contributed by atoms with Crippen LogP contribution in [0.3, 0.4) is 0 Å². The fourth-order valence-electron chi connectivity index (χ4n) is 1.76. The molecule has 0 spiro atoms. The summed E-state index contributed by atoms with van der Waals surface area (Å²) in [5.41, 5.74) is 1.05. The third-order valence-electron chi connectivity index (χ3n) is 2.77. The van der Waals surface area contributed by atoms with E-state index in [0.717, 1.165) is 36.6 Å². The first-order valence-electron chi connectivity index (χ1n) is 6.76. The summed E-state index contributed by atoms with van der Waals surface area (Å²) >= 11 is 0. The summed E-state index contributed by atoms with van der Waals surface area (Å²) in [4.78, 5) is 0. The van der Waals surface area contributed by atoms with Crippen molar-refractivity contribution in [2.24, 2.45) is 5.92 Å². The number of methoxy groups -OCH3 is 2. The molecule has 0 aliphatic heterocycles. The lowest BCUT2D eigenvalue weighted by Crippen LogP contribution is -2.20. The van der Waals surface area contributed by atoms with Crippen molar-refractivity contribution in [2.45, 2.75) is 20.3 Å². The van der Waals surface area contributed by atoms with Crippen molar-refractivity contribution in [3.8, 4) is 11.5 Å². The molecule has 0 aromatic heterocycles. The second kappa shape index (κ2) is 8.59. The molecule has 1 aromatic rings. The van der Waals surface area contributed by atoms with Gasteiger partial charge in [-0.05, 0) is 43.6 Å². The van der Waals surface area contributed by atoms with Gasteiger partial charge in [0.2, 0.25) is 0 Å². The summed E-state index contributed by atoms with van der Waals surface area (Å²) in [6, 6.07) is 5.81. The van der Waals surface area contributed by atoms with E-state index in [1.807, 2.05) is 18.2 Å². The van der Waals surface area contributed by atoms with Crippen LogP contribution >= 0.6 is 0 Å². The van der Waals surface area contributed by atoms with Crippen LogP contribution in [0.5, 0.6) is 11.5 Å². The predicted octanol–water partition coefficient (Wildman–Crippen LogP) is 3.35. The van der Waals surface area contributed by atoms with Gasteiger partial charge >= 0.3 is 0 Å². The Morgan fingerprint density at radius 2 is 2.00 bits per heavy atom. The average Bonchev–Trinajstić information content (AvgIpc) is 2.42. The van der Waals surface area contributed by atoms with Gasteiger partial charge < -0.3 is 14.8 Å². The first-order chi connectivity index (χ1) is 9.17. The van der Waals surface area contributed by atoms with E-state index < -0.39 is 0 Å². The van der Waals surface area contributed by atoms with Gasteiger partial charge in [0, 0.05) is 5.56 Å². The summed E-state index contributed by atoms with van der Waals surface area (Å²) in [5, 5.41) is 3.42. The van der Waals surface area contributed by atoms with Gasteiger partial charge in [0.25, 0.3) is 0 Å². The summed E-state index contributed by atoms with van der Waals surface area (Å²) in [7, 11) is 3.36. The van der Waals surface area contributed by atoms with Crippen LogP contribution in [0, 0.1) is 5.92 Å². The lowest BCUT2D eigenvalue weighted by atomic mass is 10.1. The highest BCUT2D eigenvalue weighted by molar-refractivity contribution is 5.59. The van der Waals surface area contributed by atoms with Crippen LogP contribution in [0.2, 0.25) is 0 Å². The Hall–Kier alpha value is -1.48. The maximum absolute atomic E-state index is 5.33. The largest absolute Gasteiger partial charge is 0.497 e. The van der Waals surface area contributed by atoms with E-state index in [1.54, 1.807) is 14.2 Å². The number of hydrogen-bond donors (Lipinski definition) is 1. The monoisotopic (exact) mass is 263 g/mol. The van der Waals surface area contributed by atoms with E-state index in [0.29, 0.717) is 5.92 Å². The Balaban J connectivity index is 2.50. The number of nitrogens with one attached hydrogen (secondary N) is 1. The quantitative estimate of drug-likeness (QED) is 0.730. The molecule has 106 valence electrons. The predicted molar refractivity (Wildman–Crippen MR) is 80.9 cm³/mol. The van der Waals surface area contributed by atoms with Crippen molar-refractivity contribution in [3.63, 3.8) is 0 Å². The van der Waals surface area contributed by atoms with Gasteiger partial charge in [-0.25, -0.2) is 0 Å². The van der Waals surface area contributed by atoms with Gasteiger partial charge in [0.05, 0.1) is 14.2 Å². The van der Waals surface area contributed by atoms with Gasteiger partial charge in [-0.1, -0.05) is 26.0 Å². The molecule has 0 heterocycles. The molecule has 0 atom stereocenters. The maximum atomic E-state index is 5.33. The third kappa shape index (κ3) is 5.79. The van der Waals surface area contributed by atoms with Crippen LogP contribution in [0.25, 0.3) is 6.08 Å². The van der Waals surface area contributed by atoms with Gasteiger partial charge in [0.1, 0.15) is 11.5 Å². The zero-order valence-electron chi connectivity index (χ0n) is 12.4. The van der Waals surface area contributed by atoms with E-state index >= 15 is 0 Å². The minimum absolute atomic E-state index is 0.697. The molecule has 1 rings (SSSR count). The molecule has 0 aliphatic carbocycles. The van der Waals surface area contributed by atoms with Crippen LogP contribution in [0.4, 0.5) is 0 Å². The third-order valence-corrected chi connectivity index (χ3v) is 2.77. The van der Waals surface area contributed by atoms with Gasteiger partial charge in [-0.15, -0.1) is 0 Å². The Bertz CT molecular complexity index is 400. The minimum atomic E-state index is 0.697. The van der Waals surface area contributed by atoms with Gasteiger partial charge in [-0.2, -0.15) is 0 Å². The van der Waals surface area contributed by atoms with Crippen molar-refractivity contribution < 1.29 is 9.47 Å². The second-order valence-corrected chi connectivity index (χ2v) is 4.90. The normalized spacial score (nSPS) is 11.2. The molecule has 0 amide bonds. The van der Waals surface area contributed by atoms with Crippen molar-refractivity contribution >= 4 is 6.08 Å². The van der Waals surface area contributed by atoms with Crippen LogP contribution in [-0.4, -0.2) is 27.3 Å². The molecule has 3 heteroatoms. The lowest BCUT2D eigenvalue weighted by Gasteiger charge is -2.07. The summed E-state index contributed by atoms with van der Waals surface area (Å²) in [6.45, 7) is 6.49. The zero-order valence-corrected chi connectivity index (χ0v) is 12.4. The Labute approximate surface area is 116 Å². The molecule has 0 fully saturated rings. The standard InChI is InChI=1S/C16H25NO2/c1-13(2)12-17-10-6-5-7-14-11-15(18-3)8-9-16(14)19-4/h5,7-9,11,13,17H,6,10,12H2,1-4H3. The maximum Gasteiger partial charge on any atom is 0.126 e. The molecular weight excluding hydrogens is 238 g/mol. The highest BCUT2D eigenvalue weighted by Crippen LogP contribution is 2.25. The van der Waals surface area contributed by atoms with Crippen LogP contribution in [0.1, 0.15) is 25.8 Å². The Morgan fingerprint density at radius 3 is 2.63 bits per heavy atom. The van der Waals surface area contributed by atoms with Crippen LogP contribution in [-0.2, 0) is 0 Å². The SMILES string of the molecule is COc1ccc(OC)c(C=CCCNCC(C)C)c1. The highest BCUT2D eigenvalue weighted by Gasteiger charge is 2.01. The Kier molecular flexibility index (Phi) is 7.04. The van der Waals surface area contributed by atoms with Crippen LogP contribution < -0.4 is 14.8 Å². The topological polar surface area (TPSA) is 30.5 Å². The smallest absolute Gasteiger partial charge is 0.126 e. The van der Waals surface area contributed by atoms with Gasteiger partial charge in [-0.3, -0.25) is 0 Å². The van der Waals surface area contributed by atoms with E-state index in [1.165, 1.54) is 0 Å². The van der Waals surface area contributed by atoms with Crippen molar-refractivity contribution in [3.05, 3.63) is 29.8 Å². The molecule has 1 aromatic carbocycles. The van der Waals surface area contributed by atoms with E-state index in [2.05, 4.69) is 31.3 Å². The summed E-state index contributed by atoms with van der Waals surface area (Å²) < 4.78 is 10.6. The number of rotatable bonds is 8. The average molecular weight is 263 g/mol. The van der Waals surface area contributed by atoms with E-state index in [9.17, 15) is 0 Å². The molecule has 0 saturated carbocycles. The second-order valence-electron chi connectivity index (χ2n) is 4.90. The molecule has 0 aliphatic rings. The van der Waals surface area contributed by atoms with Crippen LogP contribution in [0.15, 0.2) is 24.3 Å². The van der Waals surface area contributed by atoms with E-state index in [-0.39, 0.29) is 0 Å². The lowest BCUT2D eigenvalue weighted by molar-refractivity contribution is 0.402. The molecule has 1 N–H and O–H groups in total. The van der Waals surface area contributed by atoms with Crippen molar-refractivity contribution in [1.29, 1.82) is 0 Å². The van der Waals surface area contributed by atoms with Crippen molar-refractivity contribution in [2.75, 3.05) is 27.3 Å². The summed E-state index contributed by atoms with van der Waals surface area (Å²) in [5.74, 6) is 2.41. The van der Waals surface area contributed by atoms with E-state index in [4.69, 9.17) is 9.47 Å². The van der Waals surface area contributed by atoms with Crippen molar-refractivity contribution in [1.82, 2.24) is 5.32 Å². The molecule has 0 unspecified atom stereocenters. The fraction of sp³-hybridized carbons (Fsp3) is 0.500. The zero-order chi connectivity index (χ0) is 14.1. The molecule has 3 nitrogen and oxygen atoms in total. The summed E-state index contributed by atoms with van der Waals surface area (Å²) in [6.07, 6.45) is 5.25. The molecular formula is C16H25NO2. The number of hydrogen-bond acceptors (Lipinski definition) is 3. The number of benzene rings is 1. The Morgan fingerprint density at radius 1 is 1.21 bits per heavy atom. The molecule has 0 saturated heterocycles. The molecule has 0 bridgehead atoms. The number of ether oxygens (including phenoxy) is 2. The fourth-order valence-corrected chi connectivity index (χ4v) is 1.76.